The summed E-state index contributed by atoms with van der Waals surface area (Å²) in [4.78, 5) is 3.74. The Labute approximate surface area is 141 Å². The zero-order valence-electron chi connectivity index (χ0n) is 13.2. The lowest BCUT2D eigenvalue weighted by Gasteiger charge is -2.15. The SMILES string of the molecule is Cn1cnc(S(=O)(=O)NCCn2nc(C(F)(F)F)c3c2CCOC3)c1. The van der Waals surface area contributed by atoms with E-state index in [0.717, 1.165) is 0 Å². The van der Waals surface area contributed by atoms with E-state index in [1.165, 1.54) is 21.8 Å². The number of imidazole rings is 1. The minimum Gasteiger partial charge on any atom is -0.376 e. The van der Waals surface area contributed by atoms with Gasteiger partial charge in [0.25, 0.3) is 10.0 Å². The number of ether oxygens (including phenoxy) is 1. The van der Waals surface area contributed by atoms with Crippen LogP contribution in [0.15, 0.2) is 17.6 Å². The minimum atomic E-state index is -4.58. The number of alkyl halides is 3. The van der Waals surface area contributed by atoms with E-state index in [9.17, 15) is 21.6 Å². The predicted molar refractivity (Wildman–Crippen MR) is 79.0 cm³/mol. The average Bonchev–Trinajstić information content (AvgIpc) is 3.12. The molecule has 0 saturated heterocycles. The van der Waals surface area contributed by atoms with Crippen LogP contribution in [-0.2, 0) is 47.6 Å². The van der Waals surface area contributed by atoms with Gasteiger partial charge >= 0.3 is 6.18 Å². The van der Waals surface area contributed by atoms with Gasteiger partial charge in [-0.05, 0) is 0 Å². The summed E-state index contributed by atoms with van der Waals surface area (Å²) in [6.07, 6.45) is -1.61. The second-order valence-electron chi connectivity index (χ2n) is 5.57. The lowest BCUT2D eigenvalue weighted by Crippen LogP contribution is -2.28. The maximum Gasteiger partial charge on any atom is 0.435 e. The average molecular weight is 379 g/mol. The van der Waals surface area contributed by atoms with Gasteiger partial charge in [0.1, 0.15) is 0 Å². The van der Waals surface area contributed by atoms with Gasteiger partial charge in [0.2, 0.25) is 0 Å². The maximum absolute atomic E-state index is 13.1. The number of halogens is 3. The first-order valence-electron chi connectivity index (χ1n) is 7.39. The molecule has 0 unspecified atom stereocenters. The highest BCUT2D eigenvalue weighted by atomic mass is 32.2. The fourth-order valence-electron chi connectivity index (χ4n) is 2.61. The van der Waals surface area contributed by atoms with Crippen LogP contribution in [-0.4, -0.2) is 40.9 Å². The van der Waals surface area contributed by atoms with Crippen LogP contribution in [0.25, 0.3) is 0 Å². The first kappa shape index (κ1) is 17.9. The Morgan fingerprint density at radius 2 is 2.16 bits per heavy atom. The number of aryl methyl sites for hydroxylation is 1. The van der Waals surface area contributed by atoms with Gasteiger partial charge in [-0.3, -0.25) is 4.68 Å². The molecule has 0 atom stereocenters. The van der Waals surface area contributed by atoms with E-state index in [1.807, 2.05) is 0 Å². The molecule has 2 aromatic rings. The van der Waals surface area contributed by atoms with Gasteiger partial charge in [-0.15, -0.1) is 0 Å². The molecule has 25 heavy (non-hydrogen) atoms. The fourth-order valence-corrected chi connectivity index (χ4v) is 3.61. The standard InChI is InChI=1S/C13H16F3N5O3S/c1-20-6-11(17-8-20)25(22,23)18-3-4-21-10-2-5-24-7-9(10)12(19-21)13(14,15)16/h6,8,18H,2-5,7H2,1H3. The third-order valence-corrected chi connectivity index (χ3v) is 5.08. The van der Waals surface area contributed by atoms with Crippen molar-refractivity contribution in [2.24, 2.45) is 7.05 Å². The van der Waals surface area contributed by atoms with E-state index in [1.54, 1.807) is 7.05 Å². The second kappa shape index (κ2) is 6.42. The number of aromatic nitrogens is 4. The second-order valence-corrected chi connectivity index (χ2v) is 7.29. The van der Waals surface area contributed by atoms with Crippen molar-refractivity contribution in [3.63, 3.8) is 0 Å². The lowest BCUT2D eigenvalue weighted by atomic mass is 10.1. The summed E-state index contributed by atoms with van der Waals surface area (Å²) in [5, 5.41) is 3.47. The van der Waals surface area contributed by atoms with E-state index in [-0.39, 0.29) is 30.3 Å². The van der Waals surface area contributed by atoms with Crippen LogP contribution in [0.3, 0.4) is 0 Å². The zero-order valence-corrected chi connectivity index (χ0v) is 14.1. The number of nitrogens with zero attached hydrogens (tertiary/aromatic N) is 4. The molecule has 138 valence electrons. The molecule has 8 nitrogen and oxygen atoms in total. The van der Waals surface area contributed by atoms with Crippen LogP contribution < -0.4 is 4.72 Å². The number of fused-ring (bicyclic) bond motifs is 1. The fraction of sp³-hybridized carbons (Fsp3) is 0.538. The third-order valence-electron chi connectivity index (χ3n) is 3.74. The van der Waals surface area contributed by atoms with Gasteiger partial charge in [-0.25, -0.2) is 18.1 Å². The van der Waals surface area contributed by atoms with Crippen molar-refractivity contribution >= 4 is 10.0 Å². The molecule has 0 aliphatic carbocycles. The zero-order chi connectivity index (χ0) is 18.2. The highest BCUT2D eigenvalue weighted by molar-refractivity contribution is 7.89. The van der Waals surface area contributed by atoms with Crippen molar-refractivity contribution in [3.05, 3.63) is 29.5 Å². The highest BCUT2D eigenvalue weighted by Crippen LogP contribution is 2.34. The van der Waals surface area contributed by atoms with E-state index in [2.05, 4.69) is 14.8 Å². The molecule has 1 aliphatic rings. The first-order chi connectivity index (χ1) is 11.7. The van der Waals surface area contributed by atoms with Crippen LogP contribution >= 0.6 is 0 Å². The van der Waals surface area contributed by atoms with Crippen LogP contribution in [0.1, 0.15) is 17.0 Å². The van der Waals surface area contributed by atoms with Crippen LogP contribution in [0.5, 0.6) is 0 Å². The van der Waals surface area contributed by atoms with E-state index >= 15 is 0 Å². The van der Waals surface area contributed by atoms with Crippen LogP contribution in [0.2, 0.25) is 0 Å². The van der Waals surface area contributed by atoms with Crippen molar-refractivity contribution in [2.75, 3.05) is 13.2 Å². The normalized spacial score (nSPS) is 15.4. The Morgan fingerprint density at radius 3 is 2.80 bits per heavy atom. The van der Waals surface area contributed by atoms with Crippen molar-refractivity contribution in [1.82, 2.24) is 24.1 Å². The summed E-state index contributed by atoms with van der Waals surface area (Å²) in [7, 11) is -2.19. The minimum absolute atomic E-state index is 0.0198. The molecule has 0 fully saturated rings. The van der Waals surface area contributed by atoms with Gasteiger partial charge in [-0.2, -0.15) is 18.3 Å². The molecule has 0 amide bonds. The number of hydrogen-bond donors (Lipinski definition) is 1. The molecule has 0 radical (unpaired) electrons. The summed E-state index contributed by atoms with van der Waals surface area (Å²) >= 11 is 0. The first-order valence-corrected chi connectivity index (χ1v) is 8.88. The van der Waals surface area contributed by atoms with Crippen molar-refractivity contribution in [2.45, 2.75) is 30.8 Å². The Morgan fingerprint density at radius 1 is 1.40 bits per heavy atom. The number of hydrogen-bond acceptors (Lipinski definition) is 5. The predicted octanol–water partition coefficient (Wildman–Crippen LogP) is 0.687. The lowest BCUT2D eigenvalue weighted by molar-refractivity contribution is -0.142. The van der Waals surface area contributed by atoms with Gasteiger partial charge in [0.05, 0.1) is 26.1 Å². The largest absolute Gasteiger partial charge is 0.435 e. The van der Waals surface area contributed by atoms with Crippen molar-refractivity contribution in [1.29, 1.82) is 0 Å². The molecule has 0 aromatic carbocycles. The number of sulfonamides is 1. The van der Waals surface area contributed by atoms with Gasteiger partial charge < -0.3 is 9.30 Å². The van der Waals surface area contributed by atoms with Gasteiger partial charge in [0.15, 0.2) is 10.7 Å². The Bertz CT molecular complexity index is 872. The van der Waals surface area contributed by atoms with E-state index in [4.69, 9.17) is 4.74 Å². The molecule has 1 aliphatic heterocycles. The van der Waals surface area contributed by atoms with Crippen molar-refractivity contribution in [3.8, 4) is 0 Å². The Kier molecular flexibility index (Phi) is 4.60. The summed E-state index contributed by atoms with van der Waals surface area (Å²) in [6.45, 7) is 0.0230. The molecule has 3 rings (SSSR count). The number of rotatable bonds is 5. The molecule has 0 saturated carbocycles. The van der Waals surface area contributed by atoms with Gasteiger partial charge in [-0.1, -0.05) is 0 Å². The topological polar surface area (TPSA) is 91.0 Å². The highest BCUT2D eigenvalue weighted by Gasteiger charge is 2.39. The monoisotopic (exact) mass is 379 g/mol. The Balaban J connectivity index is 1.74. The molecule has 0 spiro atoms. The molecular formula is C13H16F3N5O3S. The summed E-state index contributed by atoms with van der Waals surface area (Å²) in [6, 6.07) is 0. The summed E-state index contributed by atoms with van der Waals surface area (Å²) < 4.78 is 73.4. The summed E-state index contributed by atoms with van der Waals surface area (Å²) in [5.74, 6) is 0. The number of nitrogens with one attached hydrogen (secondary N) is 1. The third kappa shape index (κ3) is 3.70. The van der Waals surface area contributed by atoms with Gasteiger partial charge in [0, 0.05) is 37.5 Å². The van der Waals surface area contributed by atoms with Crippen molar-refractivity contribution < 1.29 is 26.3 Å². The molecule has 1 N–H and O–H groups in total. The smallest absolute Gasteiger partial charge is 0.376 e. The molecule has 3 heterocycles. The molecule has 0 bridgehead atoms. The molecule has 12 heteroatoms. The van der Waals surface area contributed by atoms with E-state index < -0.39 is 21.9 Å². The maximum atomic E-state index is 13.1. The molecular weight excluding hydrogens is 363 g/mol. The quantitative estimate of drug-likeness (QED) is 0.825. The van der Waals surface area contributed by atoms with Crippen LogP contribution in [0.4, 0.5) is 13.2 Å². The molecule has 2 aromatic heterocycles. The summed E-state index contributed by atoms with van der Waals surface area (Å²) in [5.41, 5.74) is -0.531. The van der Waals surface area contributed by atoms with Crippen LogP contribution in [0, 0.1) is 0 Å². The Hall–Kier alpha value is -1.92. The van der Waals surface area contributed by atoms with E-state index in [0.29, 0.717) is 18.7 Å².